The van der Waals surface area contributed by atoms with Gasteiger partial charge in [-0.05, 0) is 23.8 Å². The van der Waals surface area contributed by atoms with Gasteiger partial charge in [0, 0.05) is 15.4 Å². The van der Waals surface area contributed by atoms with Crippen LogP contribution in [-0.2, 0) is 0 Å². The minimum atomic E-state index is 0.518. The smallest absolute Gasteiger partial charge is 0.0423 e. The molecule has 1 aromatic carbocycles. The van der Waals surface area contributed by atoms with Crippen molar-refractivity contribution < 1.29 is 0 Å². The zero-order chi connectivity index (χ0) is 8.97. The van der Waals surface area contributed by atoms with E-state index in [1.807, 2.05) is 30.4 Å². The molecule has 0 atom stereocenters. The Morgan fingerprint density at radius 1 is 1.33 bits per heavy atom. The van der Waals surface area contributed by atoms with E-state index in [4.69, 9.17) is 23.2 Å². The molecule has 0 bridgehead atoms. The average Bonchev–Trinajstić information content (AvgIpc) is 1.99. The Balaban J connectivity index is 2.93. The van der Waals surface area contributed by atoms with E-state index >= 15 is 0 Å². The van der Waals surface area contributed by atoms with Crippen LogP contribution in [0.1, 0.15) is 5.56 Å². The normalized spacial score (nSPS) is 10.9. The van der Waals surface area contributed by atoms with Gasteiger partial charge in [0.05, 0.1) is 0 Å². The van der Waals surface area contributed by atoms with Crippen molar-refractivity contribution in [2.24, 2.45) is 0 Å². The molecule has 1 rings (SSSR count). The highest BCUT2D eigenvalue weighted by Crippen LogP contribution is 2.20. The molecule has 0 fully saturated rings. The van der Waals surface area contributed by atoms with E-state index in [9.17, 15) is 0 Å². The van der Waals surface area contributed by atoms with E-state index in [0.717, 1.165) is 15.1 Å². The molecule has 3 heteroatoms. The maximum absolute atomic E-state index is 5.83. The molecular weight excluding hydrogens is 259 g/mol. The molecule has 0 N–H and O–H groups in total. The molecule has 0 heterocycles. The van der Waals surface area contributed by atoms with Crippen LogP contribution >= 0.6 is 39.1 Å². The van der Waals surface area contributed by atoms with Gasteiger partial charge < -0.3 is 0 Å². The highest BCUT2D eigenvalue weighted by atomic mass is 79.9. The standard InChI is InChI=1S/C9H7BrCl2/c10-8-4-7(2-1-3-11)5-9(12)6-8/h1-2,4-6H,3H2. The largest absolute Gasteiger partial charge is 0.122 e. The average molecular weight is 266 g/mol. The van der Waals surface area contributed by atoms with E-state index < -0.39 is 0 Å². The Hall–Kier alpha value is 0.0200. The van der Waals surface area contributed by atoms with Crippen molar-refractivity contribution in [1.29, 1.82) is 0 Å². The first-order chi connectivity index (χ1) is 5.72. The summed E-state index contributed by atoms with van der Waals surface area (Å²) in [6, 6.07) is 5.71. The van der Waals surface area contributed by atoms with Crippen molar-refractivity contribution in [3.05, 3.63) is 39.3 Å². The van der Waals surface area contributed by atoms with Crippen LogP contribution in [0.25, 0.3) is 6.08 Å². The van der Waals surface area contributed by atoms with Crippen molar-refractivity contribution in [2.75, 3.05) is 5.88 Å². The van der Waals surface area contributed by atoms with Crippen LogP contribution in [0.5, 0.6) is 0 Å². The molecule has 0 saturated heterocycles. The summed E-state index contributed by atoms with van der Waals surface area (Å²) in [5, 5.41) is 0.721. The molecule has 0 spiro atoms. The Morgan fingerprint density at radius 3 is 2.67 bits per heavy atom. The fraction of sp³-hybridized carbons (Fsp3) is 0.111. The van der Waals surface area contributed by atoms with E-state index in [1.54, 1.807) is 0 Å². The third kappa shape index (κ3) is 3.18. The topological polar surface area (TPSA) is 0 Å². The first kappa shape index (κ1) is 10.1. The van der Waals surface area contributed by atoms with Gasteiger partial charge in [0.2, 0.25) is 0 Å². The van der Waals surface area contributed by atoms with Crippen molar-refractivity contribution in [3.63, 3.8) is 0 Å². The lowest BCUT2D eigenvalue weighted by Crippen LogP contribution is -1.73. The molecule has 0 aliphatic carbocycles. The van der Waals surface area contributed by atoms with Crippen LogP contribution in [0.15, 0.2) is 28.7 Å². The Kier molecular flexibility index (Phi) is 4.13. The predicted octanol–water partition coefficient (Wildman–Crippen LogP) is 4.35. The van der Waals surface area contributed by atoms with Gasteiger partial charge in [0.15, 0.2) is 0 Å². The third-order valence-corrected chi connectivity index (χ3v) is 2.14. The van der Waals surface area contributed by atoms with Crippen molar-refractivity contribution in [2.45, 2.75) is 0 Å². The van der Waals surface area contributed by atoms with Crippen LogP contribution in [-0.4, -0.2) is 5.88 Å². The fourth-order valence-corrected chi connectivity index (χ4v) is 1.83. The number of allylic oxidation sites excluding steroid dienone is 1. The van der Waals surface area contributed by atoms with Crippen molar-refractivity contribution in [1.82, 2.24) is 0 Å². The molecule has 0 aliphatic heterocycles. The number of hydrogen-bond acceptors (Lipinski definition) is 0. The summed E-state index contributed by atoms with van der Waals surface area (Å²) in [6.07, 6.45) is 3.81. The molecule has 1 aromatic rings. The number of alkyl halides is 1. The number of benzene rings is 1. The Labute approximate surface area is 90.3 Å². The zero-order valence-electron chi connectivity index (χ0n) is 6.23. The summed E-state index contributed by atoms with van der Waals surface area (Å²) in [7, 11) is 0. The first-order valence-electron chi connectivity index (χ1n) is 3.41. The van der Waals surface area contributed by atoms with Gasteiger partial charge >= 0.3 is 0 Å². The van der Waals surface area contributed by atoms with Crippen molar-refractivity contribution >= 4 is 45.2 Å². The van der Waals surface area contributed by atoms with Gasteiger partial charge in [-0.15, -0.1) is 11.6 Å². The summed E-state index contributed by atoms with van der Waals surface area (Å²) in [4.78, 5) is 0. The van der Waals surface area contributed by atoms with Crippen LogP contribution in [0.3, 0.4) is 0 Å². The van der Waals surface area contributed by atoms with Crippen LogP contribution < -0.4 is 0 Å². The summed E-state index contributed by atoms with van der Waals surface area (Å²) in [5.74, 6) is 0.518. The maximum atomic E-state index is 5.83. The van der Waals surface area contributed by atoms with Gasteiger partial charge in [0.1, 0.15) is 0 Å². The molecule has 64 valence electrons. The lowest BCUT2D eigenvalue weighted by Gasteiger charge is -1.96. The van der Waals surface area contributed by atoms with Crippen LogP contribution in [0, 0.1) is 0 Å². The summed E-state index contributed by atoms with van der Waals surface area (Å²) in [5.41, 5.74) is 1.05. The van der Waals surface area contributed by atoms with Gasteiger partial charge in [-0.3, -0.25) is 0 Å². The molecule has 0 saturated carbocycles. The summed E-state index contributed by atoms with van der Waals surface area (Å²) < 4.78 is 0.976. The van der Waals surface area contributed by atoms with Gasteiger partial charge in [0.25, 0.3) is 0 Å². The number of hydrogen-bond donors (Lipinski definition) is 0. The molecule has 12 heavy (non-hydrogen) atoms. The second-order valence-corrected chi connectivity index (χ2v) is 3.92. The van der Waals surface area contributed by atoms with Gasteiger partial charge in [-0.2, -0.15) is 0 Å². The first-order valence-corrected chi connectivity index (χ1v) is 5.11. The quantitative estimate of drug-likeness (QED) is 0.698. The molecule has 0 radical (unpaired) electrons. The summed E-state index contributed by atoms with van der Waals surface area (Å²) in [6.45, 7) is 0. The second kappa shape index (κ2) is 4.90. The van der Waals surface area contributed by atoms with E-state index in [1.165, 1.54) is 0 Å². The predicted molar refractivity (Wildman–Crippen MR) is 58.9 cm³/mol. The number of halogens is 3. The van der Waals surface area contributed by atoms with Gasteiger partial charge in [-0.1, -0.05) is 39.7 Å². The number of rotatable bonds is 2. The van der Waals surface area contributed by atoms with Crippen LogP contribution in [0.4, 0.5) is 0 Å². The minimum Gasteiger partial charge on any atom is -0.122 e. The van der Waals surface area contributed by atoms with E-state index in [0.29, 0.717) is 5.88 Å². The molecular formula is C9H7BrCl2. The minimum absolute atomic E-state index is 0.518. The highest BCUT2D eigenvalue weighted by molar-refractivity contribution is 9.10. The lowest BCUT2D eigenvalue weighted by atomic mass is 10.2. The Morgan fingerprint density at radius 2 is 2.08 bits per heavy atom. The summed E-state index contributed by atoms with van der Waals surface area (Å²) >= 11 is 14.7. The maximum Gasteiger partial charge on any atom is 0.0423 e. The molecule has 0 nitrogen and oxygen atoms in total. The lowest BCUT2D eigenvalue weighted by molar-refractivity contribution is 1.60. The van der Waals surface area contributed by atoms with Crippen molar-refractivity contribution in [3.8, 4) is 0 Å². The Bertz CT molecular complexity index is 274. The molecule has 0 unspecified atom stereocenters. The SMILES string of the molecule is ClCC=Cc1cc(Cl)cc(Br)c1. The second-order valence-electron chi connectivity index (χ2n) is 2.26. The van der Waals surface area contributed by atoms with E-state index in [2.05, 4.69) is 15.9 Å². The third-order valence-electron chi connectivity index (χ3n) is 1.28. The zero-order valence-corrected chi connectivity index (χ0v) is 9.33. The van der Waals surface area contributed by atoms with Gasteiger partial charge in [-0.25, -0.2) is 0 Å². The molecule has 0 amide bonds. The van der Waals surface area contributed by atoms with E-state index in [-0.39, 0.29) is 0 Å². The molecule has 0 aliphatic rings. The van der Waals surface area contributed by atoms with Crippen LogP contribution in [0.2, 0.25) is 5.02 Å². The highest BCUT2D eigenvalue weighted by Gasteiger charge is 1.93. The fourth-order valence-electron chi connectivity index (χ4n) is 0.852. The monoisotopic (exact) mass is 264 g/mol. The molecule has 0 aromatic heterocycles.